The van der Waals surface area contributed by atoms with E-state index in [2.05, 4.69) is 68.4 Å². The number of nitrogens with two attached hydrogens (primary N) is 3. The number of aromatic nitrogens is 4. The maximum absolute atomic E-state index is 14.2. The first kappa shape index (κ1) is 68.7. The predicted octanol–water partition coefficient (Wildman–Crippen LogP) is 6.44. The van der Waals surface area contributed by atoms with Crippen molar-refractivity contribution in [2.24, 2.45) is 22.3 Å². The average molecular weight is 1260 g/mol. The number of carbonyl (C=O) groups is 8. The SMILES string of the molecule is CCN(CC)CCCC(=O)Cc1ccc2c(c1)c(C(N)=O)nn2CC(=O)N(CC(=O)NCc1cccc(Cl)c1F)C1CC1.CCN(CC)CCN.[N-]=[N+]=NC(=O)c1ccc2c(c1)c(C(N)=O)nn2CC(=O)N(CC(=O)NCc1cccc(Cl)c1F)C1CC1. The molecule has 2 heterocycles. The van der Waals surface area contributed by atoms with Gasteiger partial charge in [0.05, 0.1) is 34.2 Å². The molecule has 2 aliphatic rings. The van der Waals surface area contributed by atoms with Crippen LogP contribution in [0, 0.1) is 11.6 Å². The third kappa shape index (κ3) is 19.3. The van der Waals surface area contributed by atoms with E-state index < -0.39 is 47.1 Å². The Labute approximate surface area is 517 Å². The zero-order chi connectivity index (χ0) is 64.2. The van der Waals surface area contributed by atoms with E-state index in [1.165, 1.54) is 61.6 Å². The second-order valence-electron chi connectivity index (χ2n) is 21.0. The summed E-state index contributed by atoms with van der Waals surface area (Å²) in [6.07, 6.45) is 4.44. The van der Waals surface area contributed by atoms with Gasteiger partial charge in [-0.25, -0.2) is 8.78 Å². The summed E-state index contributed by atoms with van der Waals surface area (Å²) in [5.41, 5.74) is 26.8. The van der Waals surface area contributed by atoms with E-state index in [4.69, 9.17) is 45.9 Å². The fourth-order valence-electron chi connectivity index (χ4n) is 9.66. The Bertz CT molecular complexity index is 3560. The van der Waals surface area contributed by atoms with Crippen molar-refractivity contribution in [2.45, 2.75) is 111 Å². The molecule has 8 rings (SSSR count). The Morgan fingerprint density at radius 1 is 0.670 bits per heavy atom. The summed E-state index contributed by atoms with van der Waals surface area (Å²) < 4.78 is 30.9. The Morgan fingerprint density at radius 3 is 1.55 bits per heavy atom. The number of Topliss-reactive ketones (excluding diaryl/α,β-unsaturated/α-hetero) is 1. The number of rotatable bonds is 29. The van der Waals surface area contributed by atoms with E-state index in [1.807, 2.05) is 0 Å². The maximum Gasteiger partial charge on any atom is 0.269 e. The molecule has 0 aliphatic heterocycles. The van der Waals surface area contributed by atoms with Crippen LogP contribution in [0.1, 0.15) is 114 Å². The number of amides is 7. The standard InChI is InChI=1S/C31H38ClFN6O4.C23H20ClFN8O4.C6H16N2/c1-3-37(4-2)14-6-8-23(40)15-20-10-13-26-24(16-20)30(31(34)43)36-39(26)19-28(42)38(22-11-12-22)18-27(41)35-17-21-7-5-9-25(32)29(21)33;24-16-3-1-2-13(20(16)25)9-28-18(34)10-32(14-5-6-14)19(35)11-33-17-7-4-12(23(37)29-31-27)8-15(17)21(30-33)22(26)36;1-3-8(4-2)6-5-7/h5,7,9-10,13,16,22H,3-4,6,8,11-12,14-15,17-19H2,1-2H3,(H2,34,43)(H,35,41);1-4,7-8,14H,5-6,9-11H2,(H2,26,36)(H,28,34);3-7H2,1-2H3. The number of hydrogen-bond donors (Lipinski definition) is 5. The highest BCUT2D eigenvalue weighted by molar-refractivity contribution is 6.31. The second-order valence-corrected chi connectivity index (χ2v) is 21.8. The number of likely N-dealkylation sites (N-methyl/N-ethyl adjacent to an activating group) is 1. The molecule has 0 bridgehead atoms. The lowest BCUT2D eigenvalue weighted by atomic mass is 10.0. The van der Waals surface area contributed by atoms with Crippen molar-refractivity contribution in [1.29, 1.82) is 0 Å². The number of nitrogens with zero attached hydrogens (tertiary/aromatic N) is 11. The summed E-state index contributed by atoms with van der Waals surface area (Å²) in [6.45, 7) is 14.2. The van der Waals surface area contributed by atoms with E-state index in [0.29, 0.717) is 22.8 Å². The van der Waals surface area contributed by atoms with Crippen LogP contribution in [0.3, 0.4) is 0 Å². The van der Waals surface area contributed by atoms with Crippen LogP contribution in [0.25, 0.3) is 32.2 Å². The molecule has 0 radical (unpaired) electrons. The zero-order valence-electron chi connectivity index (χ0n) is 49.7. The average Bonchev–Trinajstić information content (AvgIpc) is 1.95. The van der Waals surface area contributed by atoms with Gasteiger partial charge in [-0.05, 0) is 124 Å². The minimum atomic E-state index is -0.878. The maximum atomic E-state index is 14.2. The number of ketones is 1. The number of halogens is 4. The third-order valence-electron chi connectivity index (χ3n) is 14.8. The molecule has 2 fully saturated rings. The highest BCUT2D eigenvalue weighted by Crippen LogP contribution is 2.30. The summed E-state index contributed by atoms with van der Waals surface area (Å²) in [4.78, 5) is 110. The lowest BCUT2D eigenvalue weighted by molar-refractivity contribution is -0.137. The van der Waals surface area contributed by atoms with Gasteiger partial charge in [0.15, 0.2) is 11.4 Å². The van der Waals surface area contributed by atoms with Gasteiger partial charge in [-0.15, -0.1) is 0 Å². The van der Waals surface area contributed by atoms with E-state index >= 15 is 0 Å². The molecule has 0 atom stereocenters. The number of azide groups is 1. The molecular formula is C60H74Cl2F2N16O8. The van der Waals surface area contributed by atoms with Crippen molar-refractivity contribution < 1.29 is 47.1 Å². The summed E-state index contributed by atoms with van der Waals surface area (Å²) in [5, 5.41) is 17.3. The van der Waals surface area contributed by atoms with Crippen molar-refractivity contribution in [3.63, 3.8) is 0 Å². The molecule has 88 heavy (non-hydrogen) atoms. The van der Waals surface area contributed by atoms with Crippen molar-refractivity contribution >= 4 is 92.1 Å². The first-order chi connectivity index (χ1) is 42.1. The third-order valence-corrected chi connectivity index (χ3v) is 15.4. The van der Waals surface area contributed by atoms with Gasteiger partial charge in [-0.1, -0.05) is 81.2 Å². The Hall–Kier alpha value is -8.39. The van der Waals surface area contributed by atoms with Crippen LogP contribution < -0.4 is 27.8 Å². The van der Waals surface area contributed by atoms with E-state index in [-0.39, 0.29) is 113 Å². The van der Waals surface area contributed by atoms with E-state index in [9.17, 15) is 47.1 Å². The molecule has 2 saturated carbocycles. The van der Waals surface area contributed by atoms with Crippen molar-refractivity contribution in [2.75, 3.05) is 58.9 Å². The van der Waals surface area contributed by atoms with E-state index in [1.54, 1.807) is 30.3 Å². The molecular weight excluding hydrogens is 1180 g/mol. The predicted molar refractivity (Wildman–Crippen MR) is 329 cm³/mol. The lowest BCUT2D eigenvalue weighted by Crippen LogP contribution is -2.43. The first-order valence-corrected chi connectivity index (χ1v) is 29.7. The zero-order valence-corrected chi connectivity index (χ0v) is 51.2. The molecule has 0 saturated heterocycles. The number of carbonyl (C=O) groups excluding carboxylic acids is 8. The monoisotopic (exact) mass is 1250 g/mol. The summed E-state index contributed by atoms with van der Waals surface area (Å²) in [5.74, 6) is -5.29. The van der Waals surface area contributed by atoms with Gasteiger partial charge in [-0.2, -0.15) is 10.2 Å². The molecule has 0 unspecified atom stereocenters. The molecule has 28 heteroatoms. The lowest BCUT2D eigenvalue weighted by Gasteiger charge is -2.22. The van der Waals surface area contributed by atoms with Gasteiger partial charge < -0.3 is 47.4 Å². The Kier molecular flexibility index (Phi) is 25.8. The van der Waals surface area contributed by atoms with Crippen LogP contribution in [-0.2, 0) is 56.6 Å². The number of primary amides is 2. The minimum Gasteiger partial charge on any atom is -0.364 e. The molecule has 6 aromatic rings. The normalized spacial score (nSPS) is 12.6. The molecule has 2 aliphatic carbocycles. The van der Waals surface area contributed by atoms with Crippen LogP contribution in [0.2, 0.25) is 10.0 Å². The summed E-state index contributed by atoms with van der Waals surface area (Å²) >= 11 is 11.6. The van der Waals surface area contributed by atoms with Gasteiger partial charge in [0.1, 0.15) is 30.5 Å². The molecule has 0 spiro atoms. The van der Waals surface area contributed by atoms with E-state index in [0.717, 1.165) is 83.5 Å². The molecule has 7 amide bonds. The Morgan fingerprint density at radius 2 is 1.12 bits per heavy atom. The molecule has 8 N–H and O–H groups in total. The van der Waals surface area contributed by atoms with Crippen LogP contribution in [0.5, 0.6) is 0 Å². The van der Waals surface area contributed by atoms with Crippen LogP contribution >= 0.6 is 23.2 Å². The van der Waals surface area contributed by atoms with Gasteiger partial charge in [0.2, 0.25) is 29.5 Å². The molecule has 24 nitrogen and oxygen atoms in total. The number of fused-ring (bicyclic) bond motifs is 2. The summed E-state index contributed by atoms with van der Waals surface area (Å²) in [7, 11) is 0. The quantitative estimate of drug-likeness (QED) is 0.0192. The first-order valence-electron chi connectivity index (χ1n) is 29.0. The minimum absolute atomic E-state index is 0.0119. The van der Waals surface area contributed by atoms with Crippen LogP contribution in [0.15, 0.2) is 77.9 Å². The topological polar surface area (TPSA) is 336 Å². The fourth-order valence-corrected chi connectivity index (χ4v) is 10.0. The van der Waals surface area contributed by atoms with Crippen LogP contribution in [0.4, 0.5) is 8.78 Å². The largest absolute Gasteiger partial charge is 0.364 e. The molecule has 470 valence electrons. The van der Waals surface area contributed by atoms with Crippen LogP contribution in [-0.4, -0.2) is 157 Å². The highest BCUT2D eigenvalue weighted by atomic mass is 35.5. The Balaban J connectivity index is 0.000000252. The van der Waals surface area contributed by atoms with Gasteiger partial charge >= 0.3 is 0 Å². The number of benzene rings is 4. The highest BCUT2D eigenvalue weighted by Gasteiger charge is 2.36. The number of nitrogens with one attached hydrogen (secondary N) is 2. The van der Waals surface area contributed by atoms with Gasteiger partial charge in [-0.3, -0.25) is 47.7 Å². The van der Waals surface area contributed by atoms with Crippen molar-refractivity contribution in [1.82, 2.24) is 49.8 Å². The summed E-state index contributed by atoms with van der Waals surface area (Å²) in [6, 6.07) is 18.2. The molecule has 2 aromatic heterocycles. The second kappa shape index (κ2) is 33.1. The molecule has 4 aromatic carbocycles. The van der Waals surface area contributed by atoms with Gasteiger partial charge in [0, 0.05) is 83.5 Å². The van der Waals surface area contributed by atoms with Crippen molar-refractivity contribution in [3.8, 4) is 0 Å². The smallest absolute Gasteiger partial charge is 0.269 e. The van der Waals surface area contributed by atoms with Gasteiger partial charge in [0.25, 0.3) is 11.8 Å². The fraction of sp³-hybridized carbons (Fsp3) is 0.433. The number of hydrogen-bond acceptors (Lipinski definition) is 13. The van der Waals surface area contributed by atoms with Crippen molar-refractivity contribution in [3.05, 3.63) is 139 Å².